The van der Waals surface area contributed by atoms with E-state index in [9.17, 15) is 9.59 Å². The highest BCUT2D eigenvalue weighted by atomic mass is 19.1. The number of piperazine rings is 1. The molecule has 3 N–H and O–H groups in total. The van der Waals surface area contributed by atoms with E-state index in [0.29, 0.717) is 91.9 Å². The van der Waals surface area contributed by atoms with Crippen LogP contribution in [0.25, 0.3) is 28.1 Å². The van der Waals surface area contributed by atoms with E-state index in [-0.39, 0.29) is 24.2 Å². The molecule has 0 saturated carbocycles. The molecule has 1 fully saturated rings. The number of benzene rings is 1. The van der Waals surface area contributed by atoms with Crippen LogP contribution in [0.15, 0.2) is 51.9 Å². The fraction of sp³-hybridized carbons (Fsp3) is 0.400. The molecule has 0 unspecified atom stereocenters. The number of carbonyl (C=O) groups is 1. The topological polar surface area (TPSA) is 144 Å². The van der Waals surface area contributed by atoms with Crippen LogP contribution in [-0.4, -0.2) is 106 Å². The molecule has 1 aliphatic heterocycles. The molecule has 15 heteroatoms. The molecule has 14 nitrogen and oxygen atoms in total. The van der Waals surface area contributed by atoms with Crippen molar-refractivity contribution in [1.29, 1.82) is 0 Å². The van der Waals surface area contributed by atoms with Crippen LogP contribution < -0.4 is 26.4 Å². The van der Waals surface area contributed by atoms with Crippen LogP contribution in [0.1, 0.15) is 0 Å². The van der Waals surface area contributed by atoms with Gasteiger partial charge in [0.2, 0.25) is 5.95 Å². The zero-order valence-corrected chi connectivity index (χ0v) is 25.6. The smallest absolute Gasteiger partial charge is 0.330 e. The Kier molecular flexibility index (Phi) is 8.45. The van der Waals surface area contributed by atoms with Crippen molar-refractivity contribution in [1.82, 2.24) is 38.8 Å². The summed E-state index contributed by atoms with van der Waals surface area (Å²) >= 11 is 0. The summed E-state index contributed by atoms with van der Waals surface area (Å²) in [6.45, 7) is 4.74. The van der Waals surface area contributed by atoms with E-state index in [0.717, 1.165) is 0 Å². The molecule has 1 aliphatic rings. The zero-order valence-electron chi connectivity index (χ0n) is 25.6. The quantitative estimate of drug-likeness (QED) is 0.221. The Hall–Kier alpha value is -4.89. The second-order valence-corrected chi connectivity index (χ2v) is 11.1. The molecule has 45 heavy (non-hydrogen) atoms. The van der Waals surface area contributed by atoms with Crippen molar-refractivity contribution < 1.29 is 18.3 Å². The molecule has 0 aliphatic carbocycles. The van der Waals surface area contributed by atoms with Gasteiger partial charge in [0.25, 0.3) is 5.91 Å². The molecular formula is C30H37FN10O4. The normalized spacial score (nSPS) is 14.1. The summed E-state index contributed by atoms with van der Waals surface area (Å²) < 4.78 is 30.8. The molecule has 1 aromatic carbocycles. The molecule has 1 saturated heterocycles. The standard InChI is InChI=1S/C30H37FN10O4/c1-33-8-9-36(2)26(42)19-45-20-6-7-23(21(31)17-20)39-13-10-38(11-14-39)12-15-40-28-27(37(3)30(40)43)24-18-22(25-5-4-16-44-25)35-41(24)29(32)34-28/h4-7,16-18,33H,8-15,19H2,1-3H3,(H2,32,34). The highest BCUT2D eigenvalue weighted by Crippen LogP contribution is 2.27. The fourth-order valence-corrected chi connectivity index (χ4v) is 5.62. The number of nitrogens with zero attached hydrogens (tertiary/aromatic N) is 8. The Balaban J connectivity index is 1.08. The van der Waals surface area contributed by atoms with Gasteiger partial charge in [-0.25, -0.2) is 9.18 Å². The predicted octanol–water partition coefficient (Wildman–Crippen LogP) is 1.24. The van der Waals surface area contributed by atoms with Gasteiger partial charge in [-0.15, -0.1) is 0 Å². The number of rotatable bonds is 11. The average molecular weight is 621 g/mol. The van der Waals surface area contributed by atoms with Crippen LogP contribution in [0.3, 0.4) is 0 Å². The number of hydrogen-bond acceptors (Lipinski definition) is 10. The van der Waals surface area contributed by atoms with E-state index in [2.05, 4.69) is 20.3 Å². The zero-order chi connectivity index (χ0) is 31.7. The van der Waals surface area contributed by atoms with Crippen LogP contribution in [-0.2, 0) is 18.4 Å². The maximum absolute atomic E-state index is 15.1. The Labute approximate surface area is 258 Å². The third-order valence-corrected chi connectivity index (χ3v) is 8.24. The Morgan fingerprint density at radius 2 is 1.98 bits per heavy atom. The van der Waals surface area contributed by atoms with Crippen molar-refractivity contribution in [3.8, 4) is 17.2 Å². The monoisotopic (exact) mass is 620 g/mol. The van der Waals surface area contributed by atoms with Crippen molar-refractivity contribution in [2.75, 3.05) is 77.1 Å². The summed E-state index contributed by atoms with van der Waals surface area (Å²) in [4.78, 5) is 35.9. The first kappa shape index (κ1) is 30.1. The van der Waals surface area contributed by atoms with Crippen LogP contribution in [0.5, 0.6) is 5.75 Å². The highest BCUT2D eigenvalue weighted by Gasteiger charge is 2.23. The van der Waals surface area contributed by atoms with E-state index in [4.69, 9.17) is 14.9 Å². The lowest BCUT2D eigenvalue weighted by Crippen LogP contribution is -2.47. The van der Waals surface area contributed by atoms with Gasteiger partial charge in [-0.05, 0) is 37.4 Å². The van der Waals surface area contributed by atoms with E-state index >= 15 is 4.39 Å². The number of likely N-dealkylation sites (N-methyl/N-ethyl adjacent to an activating group) is 2. The number of ether oxygens (including phenoxy) is 1. The van der Waals surface area contributed by atoms with Crippen molar-refractivity contribution in [2.24, 2.45) is 7.05 Å². The predicted molar refractivity (Wildman–Crippen MR) is 168 cm³/mol. The van der Waals surface area contributed by atoms with Crippen molar-refractivity contribution in [3.63, 3.8) is 0 Å². The summed E-state index contributed by atoms with van der Waals surface area (Å²) in [5.41, 5.74) is 8.95. The summed E-state index contributed by atoms with van der Waals surface area (Å²) in [6, 6.07) is 10.1. The molecule has 0 spiro atoms. The summed E-state index contributed by atoms with van der Waals surface area (Å²) in [6.07, 6.45) is 1.57. The molecule has 0 atom stereocenters. The molecule has 0 bridgehead atoms. The lowest BCUT2D eigenvalue weighted by atomic mass is 10.2. The number of imidazole rings is 1. The Morgan fingerprint density at radius 3 is 2.69 bits per heavy atom. The number of fused-ring (bicyclic) bond motifs is 3. The first-order valence-corrected chi connectivity index (χ1v) is 14.8. The lowest BCUT2D eigenvalue weighted by Gasteiger charge is -2.36. The highest BCUT2D eigenvalue weighted by molar-refractivity contribution is 5.91. The number of carbonyl (C=O) groups excluding carboxylic acids is 1. The van der Waals surface area contributed by atoms with Crippen LogP contribution in [0, 0.1) is 5.82 Å². The van der Waals surface area contributed by atoms with Gasteiger partial charge in [0.05, 0.1) is 17.5 Å². The average Bonchev–Trinajstić information content (AvgIpc) is 3.78. The minimum Gasteiger partial charge on any atom is -0.484 e. The van der Waals surface area contributed by atoms with Crippen LogP contribution in [0.4, 0.5) is 16.0 Å². The summed E-state index contributed by atoms with van der Waals surface area (Å²) in [5.74, 6) is 0.500. The Bertz CT molecular complexity index is 1870. The fourth-order valence-electron chi connectivity index (χ4n) is 5.62. The Morgan fingerprint density at radius 1 is 1.18 bits per heavy atom. The molecule has 238 valence electrons. The molecule has 6 rings (SSSR count). The second kappa shape index (κ2) is 12.6. The van der Waals surface area contributed by atoms with Crippen molar-refractivity contribution >= 4 is 34.2 Å². The number of nitrogens with two attached hydrogens (primary N) is 1. The molecule has 0 radical (unpaired) electrons. The largest absolute Gasteiger partial charge is 0.484 e. The van der Waals surface area contributed by atoms with E-state index in [1.54, 1.807) is 52.6 Å². The number of hydrogen-bond donors (Lipinski definition) is 2. The number of aryl methyl sites for hydroxylation is 1. The third-order valence-electron chi connectivity index (χ3n) is 8.24. The van der Waals surface area contributed by atoms with E-state index in [1.807, 2.05) is 24.1 Å². The number of anilines is 2. The minimum absolute atomic E-state index is 0.154. The van der Waals surface area contributed by atoms with Gasteiger partial charge in [-0.3, -0.25) is 18.8 Å². The lowest BCUT2D eigenvalue weighted by molar-refractivity contribution is -0.132. The van der Waals surface area contributed by atoms with E-state index in [1.165, 1.54) is 10.6 Å². The maximum Gasteiger partial charge on any atom is 0.330 e. The van der Waals surface area contributed by atoms with Gasteiger partial charge in [0, 0.05) is 72.5 Å². The van der Waals surface area contributed by atoms with Gasteiger partial charge in [0.1, 0.15) is 22.8 Å². The maximum atomic E-state index is 15.1. The molecule has 4 aromatic heterocycles. The van der Waals surface area contributed by atoms with Crippen LogP contribution >= 0.6 is 0 Å². The molecule has 5 heterocycles. The molecule has 5 aromatic rings. The second-order valence-electron chi connectivity index (χ2n) is 11.1. The number of nitrogens with one attached hydrogen (secondary N) is 1. The summed E-state index contributed by atoms with van der Waals surface area (Å²) in [7, 11) is 5.24. The van der Waals surface area contributed by atoms with Gasteiger partial charge in [0.15, 0.2) is 18.0 Å². The number of aromatic nitrogens is 5. The van der Waals surface area contributed by atoms with Crippen molar-refractivity contribution in [3.05, 3.63) is 59.0 Å². The van der Waals surface area contributed by atoms with Gasteiger partial charge < -0.3 is 30.0 Å². The first-order chi connectivity index (χ1) is 21.7. The van der Waals surface area contributed by atoms with E-state index < -0.39 is 5.82 Å². The number of nitrogen functional groups attached to an aromatic ring is 1. The number of halogens is 1. The third kappa shape index (κ3) is 5.95. The number of furan rings is 1. The van der Waals surface area contributed by atoms with Gasteiger partial charge in [-0.1, -0.05) is 0 Å². The van der Waals surface area contributed by atoms with Gasteiger partial charge >= 0.3 is 5.69 Å². The number of amides is 1. The van der Waals surface area contributed by atoms with Crippen molar-refractivity contribution in [2.45, 2.75) is 6.54 Å². The SMILES string of the molecule is CNCCN(C)C(=O)COc1ccc(N2CCN(CCn3c(=O)n(C)c4c3nc(N)n3nc(-c5ccco5)cc43)CC2)c(F)c1. The molecule has 1 amide bonds. The minimum atomic E-state index is -0.399. The van der Waals surface area contributed by atoms with Crippen LogP contribution in [0.2, 0.25) is 0 Å². The molecular weight excluding hydrogens is 583 g/mol. The van der Waals surface area contributed by atoms with Gasteiger partial charge in [-0.2, -0.15) is 14.6 Å². The summed E-state index contributed by atoms with van der Waals surface area (Å²) in [5, 5.41) is 7.52. The first-order valence-electron chi connectivity index (χ1n) is 14.8.